The second kappa shape index (κ2) is 6.27. The van der Waals surface area contributed by atoms with Gasteiger partial charge in [0.2, 0.25) is 5.15 Å². The number of amides is 1. The van der Waals surface area contributed by atoms with Gasteiger partial charge < -0.3 is 5.32 Å². The number of carbonyl (C=O) groups is 1. The van der Waals surface area contributed by atoms with Gasteiger partial charge in [-0.05, 0) is 18.9 Å². The van der Waals surface area contributed by atoms with Gasteiger partial charge in [-0.3, -0.25) is 19.1 Å². The number of hydrogen-bond donors (Lipinski definition) is 1. The highest BCUT2D eigenvalue weighted by Crippen LogP contribution is 2.26. The van der Waals surface area contributed by atoms with Crippen molar-refractivity contribution < 1.29 is 13.9 Å². The minimum atomic E-state index is -0.826. The number of nitrogens with one attached hydrogen (secondary N) is 1. The van der Waals surface area contributed by atoms with Crippen molar-refractivity contribution >= 4 is 34.0 Å². The Morgan fingerprint density at radius 2 is 2.15 bits per heavy atom. The van der Waals surface area contributed by atoms with Gasteiger partial charge in [-0.15, -0.1) is 0 Å². The minimum absolute atomic E-state index is 0.110. The molecule has 1 aliphatic heterocycles. The molecule has 1 saturated heterocycles. The SMILES string of the molecule is O=C(NC1CCS(=O)CC1)c1ccnc(Cl)c1[N+](=O)[O-]. The van der Waals surface area contributed by atoms with Crippen LogP contribution >= 0.6 is 11.6 Å². The van der Waals surface area contributed by atoms with E-state index in [4.69, 9.17) is 11.6 Å². The molecule has 2 heterocycles. The lowest BCUT2D eigenvalue weighted by Crippen LogP contribution is -2.39. The van der Waals surface area contributed by atoms with Crippen LogP contribution in [-0.4, -0.2) is 37.6 Å². The van der Waals surface area contributed by atoms with Crippen molar-refractivity contribution in [1.82, 2.24) is 10.3 Å². The summed E-state index contributed by atoms with van der Waals surface area (Å²) in [6.07, 6.45) is 2.45. The molecule has 1 aliphatic rings. The summed E-state index contributed by atoms with van der Waals surface area (Å²) in [7, 11) is -0.826. The Balaban J connectivity index is 2.15. The first kappa shape index (κ1) is 14.9. The van der Waals surface area contributed by atoms with Crippen LogP contribution in [-0.2, 0) is 10.8 Å². The van der Waals surface area contributed by atoms with Crippen molar-refractivity contribution in [2.45, 2.75) is 18.9 Å². The molecule has 108 valence electrons. The van der Waals surface area contributed by atoms with Crippen molar-refractivity contribution in [3.8, 4) is 0 Å². The van der Waals surface area contributed by atoms with Crippen molar-refractivity contribution in [2.24, 2.45) is 0 Å². The van der Waals surface area contributed by atoms with Gasteiger partial charge in [-0.25, -0.2) is 4.98 Å². The Morgan fingerprint density at radius 1 is 1.50 bits per heavy atom. The average molecular weight is 318 g/mol. The summed E-state index contributed by atoms with van der Waals surface area (Å²) >= 11 is 5.66. The molecule has 0 atom stereocenters. The maximum Gasteiger partial charge on any atom is 0.319 e. The van der Waals surface area contributed by atoms with Crippen molar-refractivity contribution in [3.05, 3.63) is 33.1 Å². The minimum Gasteiger partial charge on any atom is -0.349 e. The van der Waals surface area contributed by atoms with Crippen LogP contribution in [0, 0.1) is 10.1 Å². The summed E-state index contributed by atoms with van der Waals surface area (Å²) in [5, 5.41) is 13.3. The van der Waals surface area contributed by atoms with Crippen LogP contribution in [0.1, 0.15) is 23.2 Å². The van der Waals surface area contributed by atoms with Crippen molar-refractivity contribution in [3.63, 3.8) is 0 Å². The van der Waals surface area contributed by atoms with Gasteiger partial charge in [-0.1, -0.05) is 11.6 Å². The van der Waals surface area contributed by atoms with E-state index < -0.39 is 27.3 Å². The quantitative estimate of drug-likeness (QED) is 0.514. The Hall–Kier alpha value is -1.54. The molecule has 0 spiro atoms. The van der Waals surface area contributed by atoms with Gasteiger partial charge in [0.05, 0.1) is 4.92 Å². The van der Waals surface area contributed by atoms with Gasteiger partial charge in [-0.2, -0.15) is 0 Å². The largest absolute Gasteiger partial charge is 0.349 e. The van der Waals surface area contributed by atoms with Gasteiger partial charge >= 0.3 is 5.69 Å². The summed E-state index contributed by atoms with van der Waals surface area (Å²) in [6.45, 7) is 0. The second-order valence-electron chi connectivity index (χ2n) is 4.35. The van der Waals surface area contributed by atoms with Gasteiger partial charge in [0.1, 0.15) is 5.56 Å². The lowest BCUT2D eigenvalue weighted by molar-refractivity contribution is -0.385. The predicted octanol–water partition coefficient (Wildman–Crippen LogP) is 1.28. The Kier molecular flexibility index (Phi) is 4.66. The van der Waals surface area contributed by atoms with E-state index in [-0.39, 0.29) is 16.8 Å². The lowest BCUT2D eigenvalue weighted by Gasteiger charge is -2.22. The molecule has 0 saturated carbocycles. The second-order valence-corrected chi connectivity index (χ2v) is 6.41. The maximum absolute atomic E-state index is 12.1. The highest BCUT2D eigenvalue weighted by Gasteiger charge is 2.27. The molecule has 1 aromatic heterocycles. The summed E-state index contributed by atoms with van der Waals surface area (Å²) in [4.78, 5) is 25.9. The fourth-order valence-corrected chi connectivity index (χ4v) is 3.51. The third kappa shape index (κ3) is 3.31. The maximum atomic E-state index is 12.1. The molecule has 1 aromatic rings. The van der Waals surface area contributed by atoms with E-state index in [2.05, 4.69) is 10.3 Å². The zero-order chi connectivity index (χ0) is 14.7. The normalized spacial score (nSPS) is 22.2. The first-order valence-electron chi connectivity index (χ1n) is 5.93. The summed E-state index contributed by atoms with van der Waals surface area (Å²) in [6, 6.07) is 1.15. The van der Waals surface area contributed by atoms with E-state index in [1.54, 1.807) is 0 Å². The molecule has 0 radical (unpaired) electrons. The first-order chi connectivity index (χ1) is 9.49. The number of rotatable bonds is 3. The fourth-order valence-electron chi connectivity index (χ4n) is 1.99. The molecule has 1 amide bonds. The van der Waals surface area contributed by atoms with Gasteiger partial charge in [0.25, 0.3) is 5.91 Å². The Bertz CT molecular complexity index is 571. The van der Waals surface area contributed by atoms with E-state index in [1.807, 2.05) is 0 Å². The van der Waals surface area contributed by atoms with Crippen LogP contribution in [0.2, 0.25) is 5.15 Å². The van der Waals surface area contributed by atoms with Crippen LogP contribution in [0.3, 0.4) is 0 Å². The number of aromatic nitrogens is 1. The molecule has 9 heteroatoms. The molecule has 2 rings (SSSR count). The number of halogens is 1. The van der Waals surface area contributed by atoms with Crippen molar-refractivity contribution in [1.29, 1.82) is 0 Å². The van der Waals surface area contributed by atoms with E-state index in [0.29, 0.717) is 24.3 Å². The highest BCUT2D eigenvalue weighted by molar-refractivity contribution is 7.85. The third-order valence-electron chi connectivity index (χ3n) is 3.03. The zero-order valence-corrected chi connectivity index (χ0v) is 11.9. The van der Waals surface area contributed by atoms with E-state index in [1.165, 1.54) is 12.3 Å². The Morgan fingerprint density at radius 3 is 2.75 bits per heavy atom. The molecule has 7 nitrogen and oxygen atoms in total. The third-order valence-corrected chi connectivity index (χ3v) is 4.69. The number of nitro groups is 1. The number of carbonyl (C=O) groups excluding carboxylic acids is 1. The monoisotopic (exact) mass is 317 g/mol. The fraction of sp³-hybridized carbons (Fsp3) is 0.455. The topological polar surface area (TPSA) is 102 Å². The molecule has 0 bridgehead atoms. The van der Waals surface area contributed by atoms with E-state index in [0.717, 1.165) is 0 Å². The zero-order valence-electron chi connectivity index (χ0n) is 10.4. The lowest BCUT2D eigenvalue weighted by atomic mass is 10.1. The van der Waals surface area contributed by atoms with E-state index >= 15 is 0 Å². The van der Waals surface area contributed by atoms with Gasteiger partial charge in [0.15, 0.2) is 0 Å². The summed E-state index contributed by atoms with van der Waals surface area (Å²) in [5.74, 6) is 0.507. The van der Waals surface area contributed by atoms with Crippen molar-refractivity contribution in [2.75, 3.05) is 11.5 Å². The molecule has 0 aliphatic carbocycles. The van der Waals surface area contributed by atoms with Crippen LogP contribution < -0.4 is 5.32 Å². The molecular formula is C11H12ClN3O4S. The highest BCUT2D eigenvalue weighted by atomic mass is 35.5. The smallest absolute Gasteiger partial charge is 0.319 e. The molecule has 0 unspecified atom stereocenters. The first-order valence-corrected chi connectivity index (χ1v) is 7.80. The standard InChI is InChI=1S/C11H12ClN3O4S/c12-10-9(15(17)18)8(1-4-13-10)11(16)14-7-2-5-20(19)6-3-7/h1,4,7H,2-3,5-6H2,(H,14,16). The summed E-state index contributed by atoms with van der Waals surface area (Å²) < 4.78 is 11.2. The molecule has 20 heavy (non-hydrogen) atoms. The Labute approximate surface area is 122 Å². The van der Waals surface area contributed by atoms with Crippen LogP contribution in [0.25, 0.3) is 0 Å². The van der Waals surface area contributed by atoms with E-state index in [9.17, 15) is 19.1 Å². The molecule has 0 aromatic carbocycles. The number of hydrogen-bond acceptors (Lipinski definition) is 5. The van der Waals surface area contributed by atoms with Gasteiger partial charge in [0, 0.05) is 34.5 Å². The van der Waals surface area contributed by atoms with Crippen LogP contribution in [0.5, 0.6) is 0 Å². The summed E-state index contributed by atoms with van der Waals surface area (Å²) in [5.41, 5.74) is -0.604. The average Bonchev–Trinajstić information content (AvgIpc) is 2.40. The molecule has 1 fully saturated rings. The molecular weight excluding hydrogens is 306 g/mol. The van der Waals surface area contributed by atoms with Crippen LogP contribution in [0.15, 0.2) is 12.3 Å². The number of nitrogens with zero attached hydrogens (tertiary/aromatic N) is 2. The number of pyridine rings is 1. The van der Waals surface area contributed by atoms with Crippen LogP contribution in [0.4, 0.5) is 5.69 Å². The predicted molar refractivity (Wildman–Crippen MR) is 74.3 cm³/mol. The molecule has 1 N–H and O–H groups in total.